The fourth-order valence-corrected chi connectivity index (χ4v) is 2.72. The lowest BCUT2D eigenvalue weighted by Crippen LogP contribution is -2.67. The minimum Gasteiger partial charge on any atom is -0.504 e. The molecule has 1 heterocycles. The molecule has 1 aliphatic heterocycles. The highest BCUT2D eigenvalue weighted by Crippen LogP contribution is 2.62. The smallest absolute Gasteiger partial charge is 0.210 e. The van der Waals surface area contributed by atoms with Crippen LogP contribution in [0, 0.1) is 0 Å². The lowest BCUT2D eigenvalue weighted by Gasteiger charge is -2.47. The van der Waals surface area contributed by atoms with Gasteiger partial charge in [-0.1, -0.05) is 10.4 Å². The van der Waals surface area contributed by atoms with Crippen molar-refractivity contribution >= 4 is 47.1 Å². The first-order valence-corrected chi connectivity index (χ1v) is 5.89. The summed E-state index contributed by atoms with van der Waals surface area (Å²) >= 11 is 0. The first-order valence-electron chi connectivity index (χ1n) is 5.89. The van der Waals surface area contributed by atoms with E-state index in [1.165, 1.54) is 0 Å². The molecule has 12 radical (unpaired) electrons. The lowest BCUT2D eigenvalue weighted by molar-refractivity contribution is 0.124. The molecule has 0 saturated carbocycles. The van der Waals surface area contributed by atoms with Crippen molar-refractivity contribution in [1.29, 1.82) is 0 Å². The second-order valence-electron chi connectivity index (χ2n) is 5.32. The quantitative estimate of drug-likeness (QED) is 0.348. The lowest BCUT2D eigenvalue weighted by atomic mass is 9.30. The second-order valence-corrected chi connectivity index (χ2v) is 5.32. The zero-order valence-electron chi connectivity index (χ0n) is 10.8. The Kier molecular flexibility index (Phi) is 2.62. The highest BCUT2D eigenvalue weighted by molar-refractivity contribution is 6.54. The van der Waals surface area contributed by atoms with Gasteiger partial charge >= 0.3 is 0 Å². The van der Waals surface area contributed by atoms with E-state index in [-0.39, 0.29) is 22.6 Å². The van der Waals surface area contributed by atoms with E-state index in [1.807, 2.05) is 0 Å². The Bertz CT molecular complexity index is 609. The Hall–Kier alpha value is -1.23. The van der Waals surface area contributed by atoms with E-state index in [2.05, 4.69) is 0 Å². The number of ether oxygens (including phenoxy) is 2. The molecule has 0 unspecified atom stereocenters. The van der Waals surface area contributed by atoms with Crippen LogP contribution in [-0.4, -0.2) is 68.9 Å². The first kappa shape index (κ1) is 14.7. The predicted molar refractivity (Wildman–Crippen MR) is 79.6 cm³/mol. The fourth-order valence-electron chi connectivity index (χ4n) is 2.72. The van der Waals surface area contributed by atoms with E-state index in [0.29, 0.717) is 0 Å². The molecule has 0 bridgehead atoms. The fraction of sp³-hybridized carbons (Fsp3) is 0.400. The molecule has 0 atom stereocenters. The van der Waals surface area contributed by atoms with Gasteiger partial charge < -0.3 is 25.4 Å². The van der Waals surface area contributed by atoms with Crippen molar-refractivity contribution in [2.24, 2.45) is 5.73 Å². The SMILES string of the molecule is [B]C1Oc2c(O)c3c(c(O)c2O1)C([B])([B])C([B])(N)C3([B])[B]. The maximum Gasteiger partial charge on any atom is 0.210 e. The molecule has 0 amide bonds. The van der Waals surface area contributed by atoms with Gasteiger partial charge in [0.15, 0.2) is 25.5 Å². The molecule has 0 spiro atoms. The normalized spacial score (nSPS) is 23.9. The van der Waals surface area contributed by atoms with Gasteiger partial charge in [0.05, 0.1) is 39.2 Å². The standard InChI is InChI=1S/C10H5B6NO4/c11-7-20-5-3(18)1-2(4(19)6(5)21-7)9(14,15)10(16,17)8(1,12)13/h7,18-19H,17H2. The summed E-state index contributed by atoms with van der Waals surface area (Å²) in [5.41, 5.74) is 3.32. The third kappa shape index (κ3) is 1.43. The molecule has 3 rings (SSSR count). The zero-order valence-corrected chi connectivity index (χ0v) is 10.8. The number of hydrogen-bond donors (Lipinski definition) is 3. The summed E-state index contributed by atoms with van der Waals surface area (Å²) in [5, 5.41) is 16.6. The topological polar surface area (TPSA) is 84.9 Å². The van der Waals surface area contributed by atoms with Crippen molar-refractivity contribution in [3.05, 3.63) is 11.1 Å². The van der Waals surface area contributed by atoms with Gasteiger partial charge in [0.25, 0.3) is 0 Å². The van der Waals surface area contributed by atoms with E-state index < -0.39 is 33.6 Å². The molecule has 4 N–H and O–H groups in total. The van der Waals surface area contributed by atoms with E-state index in [4.69, 9.17) is 62.3 Å². The predicted octanol–water partition coefficient (Wildman–Crippen LogP) is -2.86. The molecule has 2 aliphatic rings. The molecule has 1 aliphatic carbocycles. The summed E-state index contributed by atoms with van der Waals surface area (Å²) in [5.74, 6) is -1.58. The van der Waals surface area contributed by atoms with E-state index in [1.54, 1.807) is 0 Å². The number of nitrogens with two attached hydrogens (primary N) is 1. The molecule has 1 aromatic carbocycles. The number of fused-ring (bicyclic) bond motifs is 2. The van der Waals surface area contributed by atoms with E-state index in [9.17, 15) is 10.2 Å². The van der Waals surface area contributed by atoms with Crippen LogP contribution in [0.25, 0.3) is 0 Å². The van der Waals surface area contributed by atoms with Gasteiger partial charge in [-0.2, -0.15) is 0 Å². The van der Waals surface area contributed by atoms with Crippen molar-refractivity contribution in [2.75, 3.05) is 0 Å². The maximum absolute atomic E-state index is 10.3. The first-order chi connectivity index (χ1) is 9.44. The van der Waals surface area contributed by atoms with Gasteiger partial charge in [0.1, 0.15) is 0 Å². The molecular weight excluding hydrogens is 263 g/mol. The number of rotatable bonds is 0. The highest BCUT2D eigenvalue weighted by atomic mass is 16.7. The van der Waals surface area contributed by atoms with Crippen LogP contribution in [0.3, 0.4) is 0 Å². The summed E-state index contributed by atoms with van der Waals surface area (Å²) in [6, 6.07) is 0. The molecule has 1 aromatic rings. The largest absolute Gasteiger partial charge is 0.504 e. The maximum atomic E-state index is 10.3. The average molecular weight is 268 g/mol. The Morgan fingerprint density at radius 3 is 1.52 bits per heavy atom. The number of aromatic hydroxyl groups is 2. The van der Waals surface area contributed by atoms with Crippen LogP contribution in [0.2, 0.25) is 0 Å². The van der Waals surface area contributed by atoms with Gasteiger partial charge in [-0.15, -0.1) is 0 Å². The van der Waals surface area contributed by atoms with Crippen molar-refractivity contribution in [2.45, 2.75) is 22.1 Å². The Labute approximate surface area is 129 Å². The Morgan fingerprint density at radius 2 is 1.19 bits per heavy atom. The third-order valence-corrected chi connectivity index (χ3v) is 4.02. The molecule has 5 nitrogen and oxygen atoms in total. The summed E-state index contributed by atoms with van der Waals surface area (Å²) in [7, 11) is 34.9. The van der Waals surface area contributed by atoms with Crippen LogP contribution in [0.5, 0.6) is 23.0 Å². The van der Waals surface area contributed by atoms with Crippen LogP contribution in [0.1, 0.15) is 11.1 Å². The van der Waals surface area contributed by atoms with Crippen LogP contribution in [-0.2, 0) is 10.4 Å². The van der Waals surface area contributed by atoms with Crippen LogP contribution in [0.15, 0.2) is 0 Å². The average Bonchev–Trinajstić information content (AvgIpc) is 2.78. The zero-order chi connectivity index (χ0) is 16.0. The van der Waals surface area contributed by atoms with Crippen LogP contribution >= 0.6 is 0 Å². The number of benzene rings is 1. The molecule has 0 fully saturated rings. The van der Waals surface area contributed by atoms with Crippen molar-refractivity contribution < 1.29 is 19.7 Å². The van der Waals surface area contributed by atoms with Crippen LogP contribution in [0.4, 0.5) is 0 Å². The van der Waals surface area contributed by atoms with Crippen LogP contribution < -0.4 is 15.2 Å². The Balaban J connectivity index is 2.43. The summed E-state index contributed by atoms with van der Waals surface area (Å²) in [6.45, 7) is 0. The molecular formula is C10H5B6NO4. The monoisotopic (exact) mass is 269 g/mol. The van der Waals surface area contributed by atoms with Gasteiger partial charge in [0, 0.05) is 0 Å². The number of phenolic OH excluding ortho intramolecular Hbond substituents is 2. The molecule has 0 saturated heterocycles. The summed E-state index contributed by atoms with van der Waals surface area (Å²) < 4.78 is 10.1. The summed E-state index contributed by atoms with van der Waals surface area (Å²) in [4.78, 5) is 0. The van der Waals surface area contributed by atoms with Crippen molar-refractivity contribution in [1.82, 2.24) is 0 Å². The molecule has 0 aromatic heterocycles. The van der Waals surface area contributed by atoms with Gasteiger partial charge in [0.2, 0.25) is 11.5 Å². The molecule has 11 heteroatoms. The Morgan fingerprint density at radius 1 is 0.857 bits per heavy atom. The number of hydrogen-bond acceptors (Lipinski definition) is 5. The van der Waals surface area contributed by atoms with Gasteiger partial charge in [-0.05, 0) is 16.6 Å². The second kappa shape index (κ2) is 3.75. The van der Waals surface area contributed by atoms with E-state index >= 15 is 0 Å². The van der Waals surface area contributed by atoms with E-state index in [0.717, 1.165) is 0 Å². The minimum absolute atomic E-state index is 0.230. The molecule has 21 heavy (non-hydrogen) atoms. The third-order valence-electron chi connectivity index (χ3n) is 4.02. The summed E-state index contributed by atoms with van der Waals surface area (Å²) in [6.07, 6.45) is -1.23. The molecule has 92 valence electrons. The number of phenols is 2. The van der Waals surface area contributed by atoms with Gasteiger partial charge in [-0.25, -0.2) is 0 Å². The van der Waals surface area contributed by atoms with Gasteiger partial charge in [-0.3, -0.25) is 0 Å². The highest BCUT2D eigenvalue weighted by Gasteiger charge is 2.59. The van der Waals surface area contributed by atoms with Crippen molar-refractivity contribution in [3.8, 4) is 23.0 Å². The van der Waals surface area contributed by atoms with Crippen molar-refractivity contribution in [3.63, 3.8) is 0 Å². The minimum atomic E-state index is -2.07.